The molecule has 0 bridgehead atoms. The van der Waals surface area contributed by atoms with E-state index in [1.54, 1.807) is 36.4 Å². The fourth-order valence-electron chi connectivity index (χ4n) is 17.3. The number of imide groups is 2. The van der Waals surface area contributed by atoms with Crippen LogP contribution in [0, 0.1) is 0 Å². The molecule has 4 heterocycles. The maximum atomic E-state index is 17.1. The quantitative estimate of drug-likeness (QED) is 0.00662. The molecule has 13 aromatic carbocycles. The van der Waals surface area contributed by atoms with Gasteiger partial charge in [-0.05, 0) is 158 Å². The number of amides is 4. The lowest BCUT2D eigenvalue weighted by Gasteiger charge is -2.35. The summed E-state index contributed by atoms with van der Waals surface area (Å²) in [6, 6.07) is 58.8. The number of benzene rings is 13. The fourth-order valence-corrected chi connectivity index (χ4v) is 17.3. The van der Waals surface area contributed by atoms with Crippen LogP contribution in [0.15, 0.2) is 239 Å². The van der Waals surface area contributed by atoms with E-state index >= 15 is 28.8 Å². The van der Waals surface area contributed by atoms with Gasteiger partial charge in [0.1, 0.15) is 107 Å². The van der Waals surface area contributed by atoms with Crippen LogP contribution in [0.3, 0.4) is 0 Å². The number of aryl methyl sites for hydroxylation is 4. The largest absolute Gasteiger partial charge is 0.462 e. The lowest BCUT2D eigenvalue weighted by Crippen LogP contribution is -2.52. The van der Waals surface area contributed by atoms with Crippen LogP contribution in [0.5, 0.6) is 46.0 Å². The Hall–Kier alpha value is -14.5. The van der Waals surface area contributed by atoms with E-state index in [1.165, 1.54) is 13.8 Å². The van der Waals surface area contributed by atoms with Crippen molar-refractivity contribution < 1.29 is 94.6 Å². The van der Waals surface area contributed by atoms with Crippen LogP contribution in [0.25, 0.3) is 87.0 Å². The molecule has 2 aliphatic rings. The molecule has 17 rings (SSSR count). The van der Waals surface area contributed by atoms with E-state index in [-0.39, 0.29) is 165 Å². The van der Waals surface area contributed by atoms with Crippen molar-refractivity contribution in [2.75, 3.05) is 52.9 Å². The van der Waals surface area contributed by atoms with E-state index in [9.17, 15) is 9.59 Å². The lowest BCUT2D eigenvalue weighted by atomic mass is 9.80. The summed E-state index contributed by atoms with van der Waals surface area (Å²) in [6.07, 6.45) is 5.70. The van der Waals surface area contributed by atoms with Crippen molar-refractivity contribution in [3.05, 3.63) is 286 Å². The number of rotatable bonds is 38. The maximum Gasteiger partial charge on any atom is 0.333 e. The normalized spacial score (nSPS) is 13.1. The van der Waals surface area contributed by atoms with Crippen LogP contribution in [0.1, 0.15) is 142 Å². The molecule has 0 N–H and O–H groups in total. The number of furan rings is 2. The van der Waals surface area contributed by atoms with Gasteiger partial charge in [0.05, 0.1) is 48.7 Å². The van der Waals surface area contributed by atoms with Crippen molar-refractivity contribution in [3.63, 3.8) is 0 Å². The van der Waals surface area contributed by atoms with Crippen LogP contribution >= 0.6 is 0 Å². The average molecular weight is 1720 g/mol. The molecule has 2 aliphatic heterocycles. The predicted molar refractivity (Wildman–Crippen MR) is 488 cm³/mol. The first-order valence-corrected chi connectivity index (χ1v) is 43.4. The Bertz CT molecular complexity index is 6260. The molecule has 0 saturated carbocycles. The van der Waals surface area contributed by atoms with Crippen molar-refractivity contribution in [2.24, 2.45) is 0 Å². The monoisotopic (exact) mass is 1710 g/mol. The van der Waals surface area contributed by atoms with E-state index in [0.717, 1.165) is 105 Å². The van der Waals surface area contributed by atoms with Gasteiger partial charge in [-0.15, -0.1) is 0 Å². The first-order chi connectivity index (χ1) is 62.3. The van der Waals surface area contributed by atoms with Gasteiger partial charge in [0, 0.05) is 88.6 Å². The molecule has 128 heavy (non-hydrogen) atoms. The third kappa shape index (κ3) is 16.9. The highest BCUT2D eigenvalue weighted by atomic mass is 16.6. The molecule has 22 nitrogen and oxygen atoms in total. The highest BCUT2D eigenvalue weighted by Gasteiger charge is 2.48. The zero-order valence-electron chi connectivity index (χ0n) is 72.0. The number of hydrogen-bond donors (Lipinski definition) is 0. The van der Waals surface area contributed by atoms with Crippen molar-refractivity contribution in [2.45, 2.75) is 118 Å². The molecule has 4 amide bonds. The average Bonchev–Trinajstić information content (AvgIpc) is 0.808. The summed E-state index contributed by atoms with van der Waals surface area (Å²) in [5.74, 6) is -5.52. The zero-order valence-corrected chi connectivity index (χ0v) is 72.0. The Balaban J connectivity index is 0.930. The van der Waals surface area contributed by atoms with Gasteiger partial charge in [0.2, 0.25) is 0 Å². The van der Waals surface area contributed by atoms with Crippen molar-refractivity contribution in [3.8, 4) is 46.0 Å². The van der Waals surface area contributed by atoms with Crippen LogP contribution in [0.2, 0.25) is 0 Å². The van der Waals surface area contributed by atoms with Gasteiger partial charge in [-0.1, -0.05) is 188 Å². The van der Waals surface area contributed by atoms with E-state index in [0.29, 0.717) is 56.5 Å². The fraction of sp³-hybridized carbons (Fsp3) is 0.245. The smallest absolute Gasteiger partial charge is 0.333 e. The van der Waals surface area contributed by atoms with E-state index in [1.807, 2.05) is 170 Å². The van der Waals surface area contributed by atoms with Crippen molar-refractivity contribution in [1.29, 1.82) is 0 Å². The number of esters is 4. The minimum absolute atomic E-state index is 0.0157. The lowest BCUT2D eigenvalue weighted by molar-refractivity contribution is -0.151. The molecule has 0 fully saturated rings. The highest BCUT2D eigenvalue weighted by Crippen LogP contribution is 2.59. The standard InChI is InChI=1S/C106H94N2O20/c1-9-19-63-31-39-69(40-32-63)123-85-57-77-89-78(100(110)107(99(77)109)81(105(115)121-53-49-117-47-51-119-103(113)61(5)6)55-67-23-17-27-75-73-25-13-15-29-83(73)127-97(67)75)59-87(125-71-43-35-65(21-11-3)36-44-71)93-94-88(126-72-45-37-66(22-12-4)38-46-72)60-80-90-79(58-86(92(96(90)94)91(85)95(89)93)124-70-41-33-64(20-10-2)34-42-70)101(111)108(102(80)112)82(106(116)122-54-50-118-48-52-120-104(114)62(7)8)56-68-24-18-28-76-74-26-14-16-30-84(74)128-98(68)76/h13-18,23-46,57-60,81-82H,5,7,9-12,19-22,47-56H2,1-4,6,8H3. The zero-order chi connectivity index (χ0) is 89.0. The first kappa shape index (κ1) is 85.7. The van der Waals surface area contributed by atoms with Crippen molar-refractivity contribution in [1.82, 2.24) is 9.80 Å². The Labute approximate surface area is 737 Å². The SMILES string of the molecule is C=C(C)C(=O)OCCOCCOC(=O)C(Cc1cccc2c1oc1ccccc12)N1C(=O)c2cc(Oc3ccc(CCC)cc3)c3c4c(Oc5ccc(CCC)cc5)cc5c6c(cc(Oc7ccc(CCC)cc7)c(c7c(Oc8ccc(CCC)cc8)cc(c2c37)C1=O)c64)C(=O)N(C(Cc1cccc2c1oc1ccccc12)C(=O)OCCOCCOC(=O)C(=C)C)C5=O. The summed E-state index contributed by atoms with van der Waals surface area (Å²) in [5, 5.41) is 4.54. The second kappa shape index (κ2) is 37.4. The molecule has 2 unspecified atom stereocenters. The highest BCUT2D eigenvalue weighted by molar-refractivity contribution is 6.45. The Morgan fingerprint density at radius 3 is 0.898 bits per heavy atom. The van der Waals surface area contributed by atoms with Gasteiger partial charge in [0.25, 0.3) is 23.6 Å². The molecule has 22 heteroatoms. The first-order valence-electron chi connectivity index (χ1n) is 43.4. The molecule has 0 spiro atoms. The topological polar surface area (TPSA) is 262 Å². The van der Waals surface area contributed by atoms with Crippen molar-refractivity contribution >= 4 is 134 Å². The number of para-hydroxylation sites is 4. The van der Waals surface area contributed by atoms with E-state index in [4.69, 9.17) is 56.2 Å². The second-order valence-corrected chi connectivity index (χ2v) is 32.2. The second-order valence-electron chi connectivity index (χ2n) is 32.2. The molecule has 0 radical (unpaired) electrons. The van der Waals surface area contributed by atoms with Gasteiger partial charge < -0.3 is 56.2 Å². The van der Waals surface area contributed by atoms with Crippen LogP contribution < -0.4 is 18.9 Å². The molecular weight excluding hydrogens is 1620 g/mol. The third-order valence-electron chi connectivity index (χ3n) is 23.2. The number of ether oxygens (including phenoxy) is 10. The number of hydrogen-bond acceptors (Lipinski definition) is 20. The number of fused-ring (bicyclic) bond motifs is 8. The van der Waals surface area contributed by atoms with Gasteiger partial charge >= 0.3 is 23.9 Å². The van der Waals surface area contributed by atoms with Gasteiger partial charge in [0.15, 0.2) is 0 Å². The Morgan fingerprint density at radius 2 is 0.609 bits per heavy atom. The van der Waals surface area contributed by atoms with Crippen LogP contribution in [0.4, 0.5) is 0 Å². The summed E-state index contributed by atoms with van der Waals surface area (Å²) in [7, 11) is 0. The molecule has 15 aromatic rings. The van der Waals surface area contributed by atoms with E-state index in [2.05, 4.69) is 40.9 Å². The Kier molecular flexibility index (Phi) is 25.0. The number of carbonyl (C=O) groups excluding carboxylic acids is 8. The summed E-state index contributed by atoms with van der Waals surface area (Å²) in [4.78, 5) is 126. The molecule has 0 aliphatic carbocycles. The minimum atomic E-state index is -1.73. The summed E-state index contributed by atoms with van der Waals surface area (Å²) < 4.78 is 77.2. The maximum absolute atomic E-state index is 17.1. The van der Waals surface area contributed by atoms with Crippen LogP contribution in [-0.4, -0.2) is 122 Å². The van der Waals surface area contributed by atoms with Gasteiger partial charge in [-0.3, -0.25) is 29.0 Å². The summed E-state index contributed by atoms with van der Waals surface area (Å²) in [6.45, 7) is 17.3. The number of nitrogens with zero attached hydrogens (tertiary/aromatic N) is 2. The summed E-state index contributed by atoms with van der Waals surface area (Å²) >= 11 is 0. The Morgan fingerprint density at radius 1 is 0.328 bits per heavy atom. The molecule has 0 saturated heterocycles. The van der Waals surface area contributed by atoms with Gasteiger partial charge in [-0.2, -0.15) is 0 Å². The number of carbonyl (C=O) groups is 8. The van der Waals surface area contributed by atoms with Gasteiger partial charge in [-0.25, -0.2) is 19.2 Å². The minimum Gasteiger partial charge on any atom is -0.462 e. The molecule has 2 atom stereocenters. The van der Waals surface area contributed by atoms with E-state index < -0.39 is 59.6 Å². The predicted octanol–water partition coefficient (Wildman–Crippen LogP) is 22.3. The summed E-state index contributed by atoms with van der Waals surface area (Å²) in [5.41, 5.74) is 6.96. The molecular formula is C106H94N2O20. The van der Waals surface area contributed by atoms with Crippen LogP contribution in [-0.2, 0) is 86.1 Å². The molecule has 648 valence electrons. The third-order valence-corrected chi connectivity index (χ3v) is 23.2. The molecule has 2 aromatic heterocycles.